The zero-order valence-electron chi connectivity index (χ0n) is 15.3. The number of carbonyl (C=O) groups is 1. The predicted molar refractivity (Wildman–Crippen MR) is 102 cm³/mol. The van der Waals surface area contributed by atoms with Crippen LogP contribution in [0.25, 0.3) is 0 Å². The van der Waals surface area contributed by atoms with Crippen molar-refractivity contribution in [2.24, 2.45) is 0 Å². The van der Waals surface area contributed by atoms with Crippen LogP contribution in [0.1, 0.15) is 35.2 Å². The number of ether oxygens (including phenoxy) is 1. The number of amides is 1. The quantitative estimate of drug-likeness (QED) is 0.857. The van der Waals surface area contributed by atoms with E-state index in [2.05, 4.69) is 26.6 Å². The molecule has 6 heteroatoms. The fraction of sp³-hybridized carbons (Fsp3) is 0.429. The highest BCUT2D eigenvalue weighted by atomic mass is 16.5. The van der Waals surface area contributed by atoms with E-state index in [4.69, 9.17) is 4.74 Å². The number of hydrogen-bond acceptors (Lipinski definition) is 5. The monoisotopic (exact) mass is 364 g/mol. The molecule has 27 heavy (non-hydrogen) atoms. The Morgan fingerprint density at radius 2 is 1.96 bits per heavy atom. The zero-order chi connectivity index (χ0) is 18.3. The summed E-state index contributed by atoms with van der Waals surface area (Å²) in [5.41, 5.74) is 2.20. The largest absolute Gasteiger partial charge is 0.370 e. The number of nitrogens with zero attached hydrogens (tertiary/aromatic N) is 2. The van der Waals surface area contributed by atoms with Gasteiger partial charge in [0.1, 0.15) is 5.66 Å². The van der Waals surface area contributed by atoms with Crippen molar-refractivity contribution in [1.82, 2.24) is 15.2 Å². The molecule has 2 spiro atoms. The number of rotatable bonds is 2. The number of anilines is 1. The molecular formula is C21H24N4O2. The first kappa shape index (κ1) is 16.7. The summed E-state index contributed by atoms with van der Waals surface area (Å²) in [5.74, 6) is -0.0148. The molecule has 5 rings (SSSR count). The van der Waals surface area contributed by atoms with E-state index < -0.39 is 5.66 Å². The van der Waals surface area contributed by atoms with E-state index in [1.54, 1.807) is 0 Å². The first-order valence-corrected chi connectivity index (χ1v) is 9.60. The molecule has 1 aromatic heterocycles. The standard InChI is InChI=1S/C21H24N4O2/c26-19-17-5-1-2-6-18(17)23-21(24-19)14-20(27-15-21)7-10-25(11-8-20)13-16-4-3-9-22-12-16/h1-6,9,12,23H,7-8,10-11,13-15H2,(H,24,26). The van der Waals surface area contributed by atoms with E-state index >= 15 is 0 Å². The third-order valence-electron chi connectivity index (χ3n) is 6.04. The van der Waals surface area contributed by atoms with E-state index in [9.17, 15) is 4.79 Å². The second kappa shape index (κ2) is 6.32. The van der Waals surface area contributed by atoms with Gasteiger partial charge in [0.2, 0.25) is 0 Å². The average molecular weight is 364 g/mol. The van der Waals surface area contributed by atoms with Crippen molar-refractivity contribution in [3.63, 3.8) is 0 Å². The minimum Gasteiger partial charge on any atom is -0.370 e. The Labute approximate surface area is 158 Å². The van der Waals surface area contributed by atoms with Crippen molar-refractivity contribution in [3.05, 3.63) is 59.9 Å². The highest BCUT2D eigenvalue weighted by molar-refractivity contribution is 6.02. The molecule has 0 bridgehead atoms. The molecule has 2 saturated heterocycles. The lowest BCUT2D eigenvalue weighted by molar-refractivity contribution is -0.0452. The van der Waals surface area contributed by atoms with Crippen LogP contribution in [0.4, 0.5) is 5.69 Å². The number of hydrogen-bond donors (Lipinski definition) is 2. The Balaban J connectivity index is 1.26. The number of para-hydroxylation sites is 1. The van der Waals surface area contributed by atoms with Crippen LogP contribution in [0.3, 0.4) is 0 Å². The van der Waals surface area contributed by atoms with Crippen LogP contribution in [-0.2, 0) is 11.3 Å². The van der Waals surface area contributed by atoms with Gasteiger partial charge in [-0.3, -0.25) is 14.7 Å². The van der Waals surface area contributed by atoms with Gasteiger partial charge in [0.15, 0.2) is 0 Å². The fourth-order valence-corrected chi connectivity index (χ4v) is 4.64. The Morgan fingerprint density at radius 3 is 2.78 bits per heavy atom. The van der Waals surface area contributed by atoms with Crippen molar-refractivity contribution in [3.8, 4) is 0 Å². The van der Waals surface area contributed by atoms with Gasteiger partial charge in [-0.05, 0) is 36.6 Å². The molecule has 6 nitrogen and oxygen atoms in total. The Bertz CT molecular complexity index is 848. The summed E-state index contributed by atoms with van der Waals surface area (Å²) in [6.07, 6.45) is 6.51. The smallest absolute Gasteiger partial charge is 0.255 e. The Hall–Kier alpha value is -2.44. The number of fused-ring (bicyclic) bond motifs is 1. The Morgan fingerprint density at radius 1 is 1.11 bits per heavy atom. The molecule has 1 atom stereocenters. The lowest BCUT2D eigenvalue weighted by Gasteiger charge is -2.41. The topological polar surface area (TPSA) is 66.5 Å². The van der Waals surface area contributed by atoms with Crippen molar-refractivity contribution >= 4 is 11.6 Å². The molecule has 0 saturated carbocycles. The minimum atomic E-state index is -0.489. The molecule has 0 radical (unpaired) electrons. The highest BCUT2D eigenvalue weighted by Crippen LogP contribution is 2.42. The second-order valence-electron chi connectivity index (χ2n) is 7.99. The zero-order valence-corrected chi connectivity index (χ0v) is 15.3. The van der Waals surface area contributed by atoms with Crippen molar-refractivity contribution in [2.75, 3.05) is 25.0 Å². The number of aromatic nitrogens is 1. The molecule has 1 amide bonds. The first-order chi connectivity index (χ1) is 13.2. The summed E-state index contributed by atoms with van der Waals surface area (Å²) in [7, 11) is 0. The maximum absolute atomic E-state index is 12.6. The number of carbonyl (C=O) groups excluding carboxylic acids is 1. The van der Waals surface area contributed by atoms with Gasteiger partial charge in [0, 0.05) is 44.1 Å². The maximum atomic E-state index is 12.6. The Kier molecular flexibility index (Phi) is 3.91. The summed E-state index contributed by atoms with van der Waals surface area (Å²) in [5, 5.41) is 6.72. The highest BCUT2D eigenvalue weighted by Gasteiger charge is 2.53. The van der Waals surface area contributed by atoms with Crippen LogP contribution in [0.5, 0.6) is 0 Å². The first-order valence-electron chi connectivity index (χ1n) is 9.60. The predicted octanol–water partition coefficient (Wildman–Crippen LogP) is 2.39. The number of benzene rings is 1. The number of likely N-dealkylation sites (tertiary alicyclic amines) is 1. The molecule has 1 aromatic carbocycles. The van der Waals surface area contributed by atoms with E-state index in [0.29, 0.717) is 12.2 Å². The fourth-order valence-electron chi connectivity index (χ4n) is 4.64. The van der Waals surface area contributed by atoms with E-state index in [0.717, 1.165) is 44.6 Å². The third-order valence-corrected chi connectivity index (χ3v) is 6.04. The van der Waals surface area contributed by atoms with Gasteiger partial charge in [-0.2, -0.15) is 0 Å². The molecule has 4 heterocycles. The number of piperidine rings is 1. The lowest BCUT2D eigenvalue weighted by Crippen LogP contribution is -2.59. The second-order valence-corrected chi connectivity index (χ2v) is 7.99. The van der Waals surface area contributed by atoms with Crippen LogP contribution < -0.4 is 10.6 Å². The molecular weight excluding hydrogens is 340 g/mol. The van der Waals surface area contributed by atoms with Crippen molar-refractivity contribution in [2.45, 2.75) is 37.1 Å². The van der Waals surface area contributed by atoms with Crippen LogP contribution >= 0.6 is 0 Å². The molecule has 0 aliphatic carbocycles. The van der Waals surface area contributed by atoms with Crippen LogP contribution in [0.15, 0.2) is 48.8 Å². The minimum absolute atomic E-state index is 0.0148. The van der Waals surface area contributed by atoms with Crippen LogP contribution in [0, 0.1) is 0 Å². The van der Waals surface area contributed by atoms with Crippen molar-refractivity contribution in [1.29, 1.82) is 0 Å². The van der Waals surface area contributed by atoms with Crippen LogP contribution in [0.2, 0.25) is 0 Å². The van der Waals surface area contributed by atoms with Gasteiger partial charge in [-0.15, -0.1) is 0 Å². The molecule has 3 aliphatic rings. The van der Waals surface area contributed by atoms with Crippen LogP contribution in [-0.4, -0.2) is 46.8 Å². The molecule has 2 aromatic rings. The summed E-state index contributed by atoms with van der Waals surface area (Å²) in [6, 6.07) is 11.8. The van der Waals surface area contributed by atoms with Crippen molar-refractivity contribution < 1.29 is 9.53 Å². The van der Waals surface area contributed by atoms with Gasteiger partial charge in [-0.25, -0.2) is 0 Å². The molecule has 2 fully saturated rings. The lowest BCUT2D eigenvalue weighted by atomic mass is 9.84. The normalized spacial score (nSPS) is 26.6. The molecule has 140 valence electrons. The summed E-state index contributed by atoms with van der Waals surface area (Å²) >= 11 is 0. The van der Waals surface area contributed by atoms with Gasteiger partial charge >= 0.3 is 0 Å². The molecule has 3 aliphatic heterocycles. The summed E-state index contributed by atoms with van der Waals surface area (Å²) < 4.78 is 6.32. The third kappa shape index (κ3) is 3.09. The SMILES string of the molecule is O=C1NC2(COC3(CCN(Cc4cccnc4)CC3)C2)Nc2ccccc21. The molecule has 1 unspecified atom stereocenters. The van der Waals surface area contributed by atoms with Gasteiger partial charge < -0.3 is 15.4 Å². The summed E-state index contributed by atoms with van der Waals surface area (Å²) in [4.78, 5) is 19.2. The molecule has 2 N–H and O–H groups in total. The van der Waals surface area contributed by atoms with Gasteiger partial charge in [-0.1, -0.05) is 18.2 Å². The average Bonchev–Trinajstić information content (AvgIpc) is 3.02. The maximum Gasteiger partial charge on any atom is 0.255 e. The van der Waals surface area contributed by atoms with Gasteiger partial charge in [0.05, 0.1) is 17.8 Å². The summed E-state index contributed by atoms with van der Waals surface area (Å²) in [6.45, 7) is 3.43. The number of nitrogens with one attached hydrogen (secondary N) is 2. The number of pyridine rings is 1. The van der Waals surface area contributed by atoms with Gasteiger partial charge in [0.25, 0.3) is 5.91 Å². The van der Waals surface area contributed by atoms with E-state index in [1.807, 2.05) is 42.7 Å². The van der Waals surface area contributed by atoms with E-state index in [-0.39, 0.29) is 11.5 Å². The van der Waals surface area contributed by atoms with E-state index in [1.165, 1.54) is 5.56 Å².